The second-order valence-corrected chi connectivity index (χ2v) is 6.05. The van der Waals surface area contributed by atoms with Crippen LogP contribution in [0.4, 0.5) is 11.8 Å². The minimum absolute atomic E-state index is 0.332. The third-order valence-electron chi connectivity index (χ3n) is 3.05. The van der Waals surface area contributed by atoms with E-state index in [1.807, 2.05) is 0 Å². The molecule has 1 aromatic rings. The zero-order valence-corrected chi connectivity index (χ0v) is 11.8. The average Bonchev–Trinajstić information content (AvgIpc) is 2.28. The Balaban J connectivity index is 2.26. The lowest BCUT2D eigenvalue weighted by atomic mass is 9.84. The van der Waals surface area contributed by atoms with Crippen molar-refractivity contribution in [3.63, 3.8) is 0 Å². The summed E-state index contributed by atoms with van der Waals surface area (Å²) in [5.74, 6) is 6.71. The van der Waals surface area contributed by atoms with Crippen molar-refractivity contribution in [2.45, 2.75) is 26.7 Å². The van der Waals surface area contributed by atoms with Crippen molar-refractivity contribution in [2.75, 3.05) is 23.4 Å². The van der Waals surface area contributed by atoms with Gasteiger partial charge < -0.3 is 4.90 Å². The zero-order chi connectivity index (χ0) is 12.5. The number of piperidine rings is 1. The SMILES string of the molecule is CC1(C)CCCN(c2nc(NN)ncc2Br)C1. The van der Waals surface area contributed by atoms with Gasteiger partial charge in [-0.2, -0.15) is 4.98 Å². The molecule has 0 bridgehead atoms. The van der Waals surface area contributed by atoms with E-state index >= 15 is 0 Å². The topological polar surface area (TPSA) is 67.1 Å². The van der Waals surface area contributed by atoms with Crippen LogP contribution in [-0.2, 0) is 0 Å². The van der Waals surface area contributed by atoms with E-state index < -0.39 is 0 Å². The van der Waals surface area contributed by atoms with Gasteiger partial charge in [0, 0.05) is 19.3 Å². The Labute approximate surface area is 110 Å². The highest BCUT2D eigenvalue weighted by Crippen LogP contribution is 2.33. The Bertz CT molecular complexity index is 407. The molecule has 1 aromatic heterocycles. The lowest BCUT2D eigenvalue weighted by molar-refractivity contribution is 0.292. The van der Waals surface area contributed by atoms with Gasteiger partial charge in [-0.3, -0.25) is 5.43 Å². The van der Waals surface area contributed by atoms with E-state index in [1.165, 1.54) is 12.8 Å². The number of rotatable bonds is 2. The van der Waals surface area contributed by atoms with Crippen LogP contribution in [0, 0.1) is 5.41 Å². The van der Waals surface area contributed by atoms with E-state index in [-0.39, 0.29) is 0 Å². The summed E-state index contributed by atoms with van der Waals surface area (Å²) >= 11 is 3.50. The molecule has 0 spiro atoms. The number of anilines is 2. The van der Waals surface area contributed by atoms with Crippen molar-refractivity contribution in [3.05, 3.63) is 10.7 Å². The smallest absolute Gasteiger partial charge is 0.239 e. The molecule has 3 N–H and O–H groups in total. The van der Waals surface area contributed by atoms with Crippen LogP contribution in [0.15, 0.2) is 10.7 Å². The number of hydrogen-bond acceptors (Lipinski definition) is 5. The van der Waals surface area contributed by atoms with Crippen molar-refractivity contribution in [1.29, 1.82) is 0 Å². The molecule has 0 aromatic carbocycles. The van der Waals surface area contributed by atoms with E-state index in [4.69, 9.17) is 5.84 Å². The van der Waals surface area contributed by atoms with Crippen molar-refractivity contribution in [1.82, 2.24) is 9.97 Å². The molecule has 0 amide bonds. The predicted octanol–water partition coefficient (Wildman–Crippen LogP) is 2.15. The van der Waals surface area contributed by atoms with Crippen LogP contribution < -0.4 is 16.2 Å². The van der Waals surface area contributed by atoms with E-state index in [0.717, 1.165) is 23.4 Å². The molecular weight excluding hydrogens is 282 g/mol. The molecule has 0 saturated carbocycles. The Kier molecular flexibility index (Phi) is 3.53. The van der Waals surface area contributed by atoms with Crippen LogP contribution in [0.5, 0.6) is 0 Å². The summed E-state index contributed by atoms with van der Waals surface area (Å²) in [6, 6.07) is 0. The standard InChI is InChI=1S/C11H18BrN5/c1-11(2)4-3-5-17(7-11)9-8(12)6-14-10(15-9)16-13/h6H,3-5,7,13H2,1-2H3,(H,14,15,16). The predicted molar refractivity (Wildman–Crippen MR) is 72.8 cm³/mol. The van der Waals surface area contributed by atoms with Gasteiger partial charge in [-0.05, 0) is 34.2 Å². The molecular formula is C11H18BrN5. The van der Waals surface area contributed by atoms with Crippen molar-refractivity contribution >= 4 is 27.7 Å². The third kappa shape index (κ3) is 2.87. The van der Waals surface area contributed by atoms with Gasteiger partial charge in [0.2, 0.25) is 5.95 Å². The van der Waals surface area contributed by atoms with Crippen molar-refractivity contribution in [2.24, 2.45) is 11.3 Å². The van der Waals surface area contributed by atoms with Gasteiger partial charge in [0.1, 0.15) is 5.82 Å². The lowest BCUT2D eigenvalue weighted by Gasteiger charge is -2.39. The van der Waals surface area contributed by atoms with Gasteiger partial charge in [-0.1, -0.05) is 13.8 Å². The maximum absolute atomic E-state index is 5.34. The number of aromatic nitrogens is 2. The molecule has 17 heavy (non-hydrogen) atoms. The Morgan fingerprint density at radius 1 is 1.53 bits per heavy atom. The first-order valence-electron chi connectivity index (χ1n) is 5.76. The molecule has 0 unspecified atom stereocenters. The van der Waals surface area contributed by atoms with E-state index in [0.29, 0.717) is 11.4 Å². The molecule has 2 heterocycles. The fourth-order valence-corrected chi connectivity index (χ4v) is 2.70. The third-order valence-corrected chi connectivity index (χ3v) is 3.61. The first kappa shape index (κ1) is 12.6. The number of hydrazine groups is 1. The van der Waals surface area contributed by atoms with Gasteiger partial charge in [0.05, 0.1) is 4.47 Å². The molecule has 6 heteroatoms. The summed E-state index contributed by atoms with van der Waals surface area (Å²) in [7, 11) is 0. The van der Waals surface area contributed by atoms with Crippen molar-refractivity contribution < 1.29 is 0 Å². The molecule has 0 aliphatic carbocycles. The molecule has 5 nitrogen and oxygen atoms in total. The Hall–Kier alpha value is -0.880. The van der Waals surface area contributed by atoms with Crippen molar-refractivity contribution in [3.8, 4) is 0 Å². The molecule has 1 aliphatic heterocycles. The molecule has 1 fully saturated rings. The summed E-state index contributed by atoms with van der Waals surface area (Å²) in [5, 5.41) is 0. The second kappa shape index (κ2) is 4.78. The highest BCUT2D eigenvalue weighted by atomic mass is 79.9. The minimum Gasteiger partial charge on any atom is -0.355 e. The zero-order valence-electron chi connectivity index (χ0n) is 10.2. The van der Waals surface area contributed by atoms with Crippen LogP contribution in [0.25, 0.3) is 0 Å². The fraction of sp³-hybridized carbons (Fsp3) is 0.636. The maximum atomic E-state index is 5.34. The normalized spacial score (nSPS) is 19.2. The summed E-state index contributed by atoms with van der Waals surface area (Å²) in [6.45, 7) is 6.61. The van der Waals surface area contributed by atoms with Gasteiger partial charge in [-0.15, -0.1) is 0 Å². The largest absolute Gasteiger partial charge is 0.355 e. The minimum atomic E-state index is 0.332. The van der Waals surface area contributed by atoms with Crippen LogP contribution >= 0.6 is 15.9 Å². The van der Waals surface area contributed by atoms with Gasteiger partial charge in [0.15, 0.2) is 0 Å². The monoisotopic (exact) mass is 299 g/mol. The molecule has 0 atom stereocenters. The highest BCUT2D eigenvalue weighted by molar-refractivity contribution is 9.10. The number of nitrogens with two attached hydrogens (primary N) is 1. The Morgan fingerprint density at radius 2 is 2.29 bits per heavy atom. The fourth-order valence-electron chi connectivity index (χ4n) is 2.25. The van der Waals surface area contributed by atoms with Crippen LogP contribution in [-0.4, -0.2) is 23.1 Å². The number of halogens is 1. The van der Waals surface area contributed by atoms with Gasteiger partial charge >= 0.3 is 0 Å². The second-order valence-electron chi connectivity index (χ2n) is 5.20. The van der Waals surface area contributed by atoms with Gasteiger partial charge in [-0.25, -0.2) is 10.8 Å². The average molecular weight is 300 g/mol. The van der Waals surface area contributed by atoms with Gasteiger partial charge in [0.25, 0.3) is 0 Å². The van der Waals surface area contributed by atoms with Crippen LogP contribution in [0.1, 0.15) is 26.7 Å². The summed E-state index contributed by atoms with van der Waals surface area (Å²) < 4.78 is 0.911. The number of nitrogen functional groups attached to an aromatic ring is 1. The van der Waals surface area contributed by atoms with E-state index in [1.54, 1.807) is 6.20 Å². The molecule has 0 radical (unpaired) electrons. The number of hydrogen-bond donors (Lipinski definition) is 2. The highest BCUT2D eigenvalue weighted by Gasteiger charge is 2.28. The van der Waals surface area contributed by atoms with Crippen LogP contribution in [0.2, 0.25) is 0 Å². The summed E-state index contributed by atoms with van der Waals surface area (Å²) in [4.78, 5) is 10.8. The van der Waals surface area contributed by atoms with E-state index in [2.05, 4.69) is 50.1 Å². The van der Waals surface area contributed by atoms with E-state index in [9.17, 15) is 0 Å². The first-order valence-corrected chi connectivity index (χ1v) is 6.55. The lowest BCUT2D eigenvalue weighted by Crippen LogP contribution is -2.40. The molecule has 1 aliphatic rings. The maximum Gasteiger partial charge on any atom is 0.239 e. The van der Waals surface area contributed by atoms with Crippen LogP contribution in [0.3, 0.4) is 0 Å². The number of nitrogens with one attached hydrogen (secondary N) is 1. The molecule has 2 rings (SSSR count). The first-order chi connectivity index (χ1) is 8.02. The molecule has 94 valence electrons. The number of nitrogens with zero attached hydrogens (tertiary/aromatic N) is 3. The Morgan fingerprint density at radius 3 is 2.94 bits per heavy atom. The molecule has 1 saturated heterocycles. The summed E-state index contributed by atoms with van der Waals surface area (Å²) in [6.07, 6.45) is 4.18. The quantitative estimate of drug-likeness (QED) is 0.647. The summed E-state index contributed by atoms with van der Waals surface area (Å²) in [5.41, 5.74) is 2.82.